The Bertz CT molecular complexity index is 601. The molecule has 0 saturated carbocycles. The molecular weight excluding hydrogens is 277 g/mol. The van der Waals surface area contributed by atoms with E-state index in [-0.39, 0.29) is 16.8 Å². The van der Waals surface area contributed by atoms with Gasteiger partial charge in [0.25, 0.3) is 0 Å². The van der Waals surface area contributed by atoms with E-state index in [0.29, 0.717) is 12.1 Å². The normalized spacial score (nSPS) is 11.9. The number of hydrogen-bond acceptors (Lipinski definition) is 1. The molecule has 0 spiro atoms. The molecule has 2 nitrogen and oxygen atoms in total. The highest BCUT2D eigenvalue weighted by Crippen LogP contribution is 2.23. The molecule has 2 aromatic carbocycles. The maximum absolute atomic E-state index is 13.1. The first-order chi connectivity index (χ1) is 9.61. The van der Waals surface area contributed by atoms with Crippen LogP contribution < -0.4 is 5.32 Å². The van der Waals surface area contributed by atoms with E-state index in [4.69, 9.17) is 11.6 Å². The number of anilines is 1. The second kappa shape index (κ2) is 6.53. The average Bonchev–Trinajstić information content (AvgIpc) is 2.45. The molecule has 1 amide bonds. The largest absolute Gasteiger partial charge is 0.326 e. The lowest BCUT2D eigenvalue weighted by molar-refractivity contribution is -0.117. The van der Waals surface area contributed by atoms with Gasteiger partial charge >= 0.3 is 0 Å². The van der Waals surface area contributed by atoms with E-state index >= 15 is 0 Å². The summed E-state index contributed by atoms with van der Waals surface area (Å²) in [7, 11) is 0. The molecule has 0 aliphatic rings. The van der Waals surface area contributed by atoms with Crippen LogP contribution in [0.4, 0.5) is 10.1 Å². The monoisotopic (exact) mass is 291 g/mol. The molecule has 0 bridgehead atoms. The van der Waals surface area contributed by atoms with Gasteiger partial charge in [0.2, 0.25) is 5.91 Å². The molecule has 2 aromatic rings. The van der Waals surface area contributed by atoms with Crippen molar-refractivity contribution in [2.24, 2.45) is 0 Å². The molecule has 0 heterocycles. The maximum Gasteiger partial charge on any atom is 0.231 e. The fourth-order valence-corrected chi connectivity index (χ4v) is 2.24. The van der Waals surface area contributed by atoms with Crippen LogP contribution in [0.5, 0.6) is 0 Å². The van der Waals surface area contributed by atoms with Crippen LogP contribution in [-0.2, 0) is 4.79 Å². The van der Waals surface area contributed by atoms with E-state index in [1.807, 2.05) is 37.3 Å². The highest BCUT2D eigenvalue weighted by atomic mass is 35.5. The lowest BCUT2D eigenvalue weighted by Gasteiger charge is -2.15. The summed E-state index contributed by atoms with van der Waals surface area (Å²) in [5.41, 5.74) is 1.46. The number of rotatable bonds is 4. The first kappa shape index (κ1) is 14.5. The van der Waals surface area contributed by atoms with Crippen molar-refractivity contribution in [3.05, 3.63) is 64.9 Å². The SMILES string of the molecule is CCC(C(=O)Nc1ccc(F)c(Cl)c1)c1ccccc1. The number of carbonyl (C=O) groups excluding carboxylic acids is 1. The minimum absolute atomic E-state index is 0.00411. The van der Waals surface area contributed by atoms with E-state index < -0.39 is 5.82 Å². The van der Waals surface area contributed by atoms with E-state index in [1.54, 1.807) is 0 Å². The molecular formula is C16H15ClFNO. The number of benzene rings is 2. The van der Waals surface area contributed by atoms with Crippen LogP contribution in [-0.4, -0.2) is 5.91 Å². The van der Waals surface area contributed by atoms with Crippen molar-refractivity contribution in [1.82, 2.24) is 0 Å². The van der Waals surface area contributed by atoms with Gasteiger partial charge in [0.15, 0.2) is 0 Å². The summed E-state index contributed by atoms with van der Waals surface area (Å²) in [6, 6.07) is 13.7. The van der Waals surface area contributed by atoms with Crippen molar-refractivity contribution in [2.45, 2.75) is 19.3 Å². The van der Waals surface area contributed by atoms with Gasteiger partial charge in [-0.1, -0.05) is 48.9 Å². The standard InChI is InChI=1S/C16H15ClFNO/c1-2-13(11-6-4-3-5-7-11)16(20)19-12-8-9-15(18)14(17)10-12/h3-10,13H,2H2,1H3,(H,19,20). The fraction of sp³-hybridized carbons (Fsp3) is 0.188. The van der Waals surface area contributed by atoms with Crippen molar-refractivity contribution in [3.63, 3.8) is 0 Å². The highest BCUT2D eigenvalue weighted by molar-refractivity contribution is 6.31. The van der Waals surface area contributed by atoms with Gasteiger partial charge in [-0.25, -0.2) is 4.39 Å². The number of hydrogen-bond donors (Lipinski definition) is 1. The Morgan fingerprint density at radius 3 is 2.55 bits per heavy atom. The van der Waals surface area contributed by atoms with Gasteiger partial charge in [-0.3, -0.25) is 4.79 Å². The second-order valence-electron chi connectivity index (χ2n) is 4.49. The van der Waals surface area contributed by atoms with Crippen molar-refractivity contribution in [1.29, 1.82) is 0 Å². The Labute approximate surface area is 122 Å². The van der Waals surface area contributed by atoms with Gasteiger partial charge in [-0.05, 0) is 30.2 Å². The molecule has 1 unspecified atom stereocenters. The van der Waals surface area contributed by atoms with Crippen LogP contribution in [0, 0.1) is 5.82 Å². The predicted octanol–water partition coefficient (Wildman–Crippen LogP) is 4.61. The molecule has 0 aliphatic heterocycles. The van der Waals surface area contributed by atoms with Gasteiger partial charge < -0.3 is 5.32 Å². The molecule has 1 atom stereocenters. The topological polar surface area (TPSA) is 29.1 Å². The first-order valence-corrected chi connectivity index (χ1v) is 6.80. The Morgan fingerprint density at radius 2 is 1.95 bits per heavy atom. The molecule has 2 rings (SSSR count). The zero-order valence-electron chi connectivity index (χ0n) is 11.1. The molecule has 0 aromatic heterocycles. The van der Waals surface area contributed by atoms with Gasteiger partial charge in [-0.2, -0.15) is 0 Å². The average molecular weight is 292 g/mol. The van der Waals surface area contributed by atoms with E-state index in [9.17, 15) is 9.18 Å². The molecule has 104 valence electrons. The third-order valence-corrected chi connectivity index (χ3v) is 3.40. The van der Waals surface area contributed by atoms with Gasteiger partial charge in [0.1, 0.15) is 5.82 Å². The minimum atomic E-state index is -0.500. The van der Waals surface area contributed by atoms with Crippen LogP contribution in [0.25, 0.3) is 0 Å². The van der Waals surface area contributed by atoms with E-state index in [1.165, 1.54) is 18.2 Å². The van der Waals surface area contributed by atoms with Crippen LogP contribution >= 0.6 is 11.6 Å². The molecule has 20 heavy (non-hydrogen) atoms. The quantitative estimate of drug-likeness (QED) is 0.875. The van der Waals surface area contributed by atoms with Crippen molar-refractivity contribution in [2.75, 3.05) is 5.32 Å². The summed E-state index contributed by atoms with van der Waals surface area (Å²) in [6.45, 7) is 1.95. The molecule has 4 heteroatoms. The summed E-state index contributed by atoms with van der Waals surface area (Å²) >= 11 is 5.70. The summed E-state index contributed by atoms with van der Waals surface area (Å²) in [6.07, 6.45) is 0.685. The highest BCUT2D eigenvalue weighted by Gasteiger charge is 2.18. The van der Waals surface area contributed by atoms with Gasteiger partial charge in [-0.15, -0.1) is 0 Å². The summed E-state index contributed by atoms with van der Waals surface area (Å²) < 4.78 is 13.1. The second-order valence-corrected chi connectivity index (χ2v) is 4.90. The van der Waals surface area contributed by atoms with E-state index in [0.717, 1.165) is 5.56 Å². The fourth-order valence-electron chi connectivity index (χ4n) is 2.06. The minimum Gasteiger partial charge on any atom is -0.326 e. The van der Waals surface area contributed by atoms with E-state index in [2.05, 4.69) is 5.32 Å². The predicted molar refractivity (Wildman–Crippen MR) is 79.5 cm³/mol. The number of nitrogens with one attached hydrogen (secondary N) is 1. The molecule has 0 saturated heterocycles. The molecule has 0 aliphatic carbocycles. The van der Waals surface area contributed by atoms with Crippen molar-refractivity contribution >= 4 is 23.2 Å². The number of amides is 1. The summed E-state index contributed by atoms with van der Waals surface area (Å²) in [4.78, 5) is 12.3. The van der Waals surface area contributed by atoms with Crippen LogP contribution in [0.2, 0.25) is 5.02 Å². The maximum atomic E-state index is 13.1. The molecule has 0 fully saturated rings. The Hall–Kier alpha value is -1.87. The van der Waals surface area contributed by atoms with Crippen molar-refractivity contribution in [3.8, 4) is 0 Å². The smallest absolute Gasteiger partial charge is 0.231 e. The van der Waals surface area contributed by atoms with Crippen LogP contribution in [0.3, 0.4) is 0 Å². The third-order valence-electron chi connectivity index (χ3n) is 3.11. The molecule has 1 N–H and O–H groups in total. The lowest BCUT2D eigenvalue weighted by atomic mass is 9.95. The number of carbonyl (C=O) groups is 1. The molecule has 0 radical (unpaired) electrons. The first-order valence-electron chi connectivity index (χ1n) is 6.42. The van der Waals surface area contributed by atoms with Gasteiger partial charge in [0, 0.05) is 5.69 Å². The Morgan fingerprint density at radius 1 is 1.25 bits per heavy atom. The third kappa shape index (κ3) is 3.36. The van der Waals surface area contributed by atoms with Crippen LogP contribution in [0.15, 0.2) is 48.5 Å². The zero-order valence-corrected chi connectivity index (χ0v) is 11.8. The number of halogens is 2. The summed E-state index contributed by atoms with van der Waals surface area (Å²) in [5, 5.41) is 2.77. The Kier molecular flexibility index (Phi) is 4.74. The van der Waals surface area contributed by atoms with Crippen molar-refractivity contribution < 1.29 is 9.18 Å². The zero-order chi connectivity index (χ0) is 14.5. The Balaban J connectivity index is 2.15. The summed E-state index contributed by atoms with van der Waals surface area (Å²) in [5.74, 6) is -0.860. The van der Waals surface area contributed by atoms with Gasteiger partial charge in [0.05, 0.1) is 10.9 Å². The lowest BCUT2D eigenvalue weighted by Crippen LogP contribution is -2.20. The van der Waals surface area contributed by atoms with Crippen LogP contribution in [0.1, 0.15) is 24.8 Å².